The molecule has 0 amide bonds. The summed E-state index contributed by atoms with van der Waals surface area (Å²) in [6.07, 6.45) is 2.48. The monoisotopic (exact) mass is 364 g/mol. The Balaban J connectivity index is 3.14. The van der Waals surface area contributed by atoms with Crippen LogP contribution in [0, 0.1) is 0 Å². The van der Waals surface area contributed by atoms with Crippen LogP contribution >= 0.6 is 7.60 Å². The Morgan fingerprint density at radius 3 is 2.38 bits per heavy atom. The van der Waals surface area contributed by atoms with Gasteiger partial charge in [0.25, 0.3) is 5.88 Å². The summed E-state index contributed by atoms with van der Waals surface area (Å²) >= 11 is 0. The minimum atomic E-state index is -4.40. The molecule has 5 N–H and O–H groups in total. The first-order valence-electron chi connectivity index (χ1n) is 7.83. The van der Waals surface area contributed by atoms with Crippen molar-refractivity contribution >= 4 is 13.6 Å². The molecular formula is C14H25N2O7P. The standard InChI is InChI=1S/C14H25N2O7P/c1-3-5-9(6-4-2)12-10(7-11(15)14(17)18)13(16-23-12)22-8-24(19,20)21/h9,11H,3-8,15H2,1-2H3,(H,17,18)(H2,19,20,21)/t11-/m1/s1. The summed E-state index contributed by atoms with van der Waals surface area (Å²) in [7, 11) is -4.40. The zero-order valence-electron chi connectivity index (χ0n) is 13.8. The predicted octanol–water partition coefficient (Wildman–Crippen LogP) is 1.83. The highest BCUT2D eigenvalue weighted by atomic mass is 31.2. The van der Waals surface area contributed by atoms with Gasteiger partial charge in [0.2, 0.25) is 0 Å². The van der Waals surface area contributed by atoms with E-state index in [1.807, 2.05) is 13.8 Å². The molecule has 0 saturated carbocycles. The molecule has 0 aliphatic heterocycles. The summed E-state index contributed by atoms with van der Waals surface area (Å²) in [5, 5.41) is 12.8. The lowest BCUT2D eigenvalue weighted by molar-refractivity contribution is -0.138. The van der Waals surface area contributed by atoms with Gasteiger partial charge in [0.1, 0.15) is 11.8 Å². The Morgan fingerprint density at radius 2 is 1.92 bits per heavy atom. The number of carbonyl (C=O) groups is 1. The molecule has 1 aromatic heterocycles. The van der Waals surface area contributed by atoms with Gasteiger partial charge in [-0.15, -0.1) is 0 Å². The molecule has 0 spiro atoms. The minimum absolute atomic E-state index is 0.0240. The molecule has 0 saturated heterocycles. The van der Waals surface area contributed by atoms with Gasteiger partial charge in [0.15, 0.2) is 6.35 Å². The number of aliphatic carboxylic acids is 1. The molecule has 1 heterocycles. The molecule has 1 rings (SSSR count). The van der Waals surface area contributed by atoms with Gasteiger partial charge < -0.3 is 29.9 Å². The van der Waals surface area contributed by atoms with Crippen LogP contribution in [-0.2, 0) is 15.8 Å². The number of carboxylic acids is 1. The van der Waals surface area contributed by atoms with E-state index in [2.05, 4.69) is 5.16 Å². The van der Waals surface area contributed by atoms with E-state index in [4.69, 9.17) is 29.9 Å². The summed E-state index contributed by atoms with van der Waals surface area (Å²) < 4.78 is 21.4. The fourth-order valence-corrected chi connectivity index (χ4v) is 2.77. The number of nitrogens with zero attached hydrogens (tertiary/aromatic N) is 1. The third-order valence-corrected chi connectivity index (χ3v) is 4.00. The van der Waals surface area contributed by atoms with E-state index in [9.17, 15) is 9.36 Å². The second-order valence-electron chi connectivity index (χ2n) is 5.69. The Hall–Kier alpha value is -1.41. The van der Waals surface area contributed by atoms with Gasteiger partial charge in [-0.05, 0) is 18.0 Å². The van der Waals surface area contributed by atoms with Gasteiger partial charge in [-0.25, -0.2) is 0 Å². The molecule has 0 bridgehead atoms. The fourth-order valence-electron chi connectivity index (χ4n) is 2.48. The highest BCUT2D eigenvalue weighted by Gasteiger charge is 2.28. The first kappa shape index (κ1) is 20.6. The van der Waals surface area contributed by atoms with Gasteiger partial charge in [-0.3, -0.25) is 9.36 Å². The molecule has 138 valence electrons. The Kier molecular flexibility index (Phi) is 7.89. The molecule has 0 fully saturated rings. The zero-order chi connectivity index (χ0) is 18.3. The van der Waals surface area contributed by atoms with Crippen molar-refractivity contribution in [2.75, 3.05) is 6.35 Å². The smallest absolute Gasteiger partial charge is 0.362 e. The van der Waals surface area contributed by atoms with Crippen molar-refractivity contribution in [2.45, 2.75) is 57.9 Å². The van der Waals surface area contributed by atoms with E-state index in [0.717, 1.165) is 25.7 Å². The molecule has 0 aliphatic rings. The van der Waals surface area contributed by atoms with Gasteiger partial charge in [-0.2, -0.15) is 0 Å². The summed E-state index contributed by atoms with van der Waals surface area (Å²) in [5.74, 6) is -0.792. The van der Waals surface area contributed by atoms with Gasteiger partial charge in [0, 0.05) is 12.3 Å². The van der Waals surface area contributed by atoms with Gasteiger partial charge in [0.05, 0.1) is 5.56 Å². The van der Waals surface area contributed by atoms with Crippen LogP contribution in [0.25, 0.3) is 0 Å². The summed E-state index contributed by atoms with van der Waals surface area (Å²) in [5.41, 5.74) is 5.96. The topological polar surface area (TPSA) is 156 Å². The second-order valence-corrected chi connectivity index (χ2v) is 7.28. The van der Waals surface area contributed by atoms with Crippen molar-refractivity contribution in [2.24, 2.45) is 5.73 Å². The van der Waals surface area contributed by atoms with Crippen LogP contribution in [0.3, 0.4) is 0 Å². The third kappa shape index (κ3) is 6.24. The molecular weight excluding hydrogens is 339 g/mol. The van der Waals surface area contributed by atoms with E-state index in [1.165, 1.54) is 0 Å². The van der Waals surface area contributed by atoms with Crippen molar-refractivity contribution in [1.29, 1.82) is 0 Å². The summed E-state index contributed by atoms with van der Waals surface area (Å²) in [6.45, 7) is 4.04. The number of nitrogens with two attached hydrogens (primary N) is 1. The molecule has 0 radical (unpaired) electrons. The van der Waals surface area contributed by atoms with Crippen LogP contribution < -0.4 is 10.5 Å². The maximum atomic E-state index is 11.0. The lowest BCUT2D eigenvalue weighted by Gasteiger charge is -2.15. The van der Waals surface area contributed by atoms with Crippen molar-refractivity contribution in [3.63, 3.8) is 0 Å². The van der Waals surface area contributed by atoms with Gasteiger partial charge >= 0.3 is 13.6 Å². The first-order valence-corrected chi connectivity index (χ1v) is 9.63. The minimum Gasteiger partial charge on any atom is -0.480 e. The number of hydrogen-bond donors (Lipinski definition) is 4. The number of ether oxygens (including phenoxy) is 1. The lowest BCUT2D eigenvalue weighted by atomic mass is 9.91. The molecule has 24 heavy (non-hydrogen) atoms. The Bertz CT molecular complexity index is 578. The van der Waals surface area contributed by atoms with E-state index < -0.39 is 26.0 Å². The Labute approximate surface area is 140 Å². The van der Waals surface area contributed by atoms with Crippen molar-refractivity contribution < 1.29 is 33.5 Å². The van der Waals surface area contributed by atoms with Gasteiger partial charge in [-0.1, -0.05) is 26.7 Å². The Morgan fingerprint density at radius 1 is 1.33 bits per heavy atom. The first-order chi connectivity index (χ1) is 11.2. The quantitative estimate of drug-likeness (QED) is 0.430. The fraction of sp³-hybridized carbons (Fsp3) is 0.714. The van der Waals surface area contributed by atoms with Crippen LogP contribution in [-0.4, -0.2) is 38.4 Å². The summed E-state index contributed by atoms with van der Waals surface area (Å²) in [6, 6.07) is -1.19. The SMILES string of the molecule is CCCC(CCC)c1onc(OCP(=O)(O)O)c1C[C@@H](N)C(=O)O. The largest absolute Gasteiger partial charge is 0.480 e. The highest BCUT2D eigenvalue weighted by Crippen LogP contribution is 2.38. The molecule has 1 atom stereocenters. The van der Waals surface area contributed by atoms with Crippen LogP contribution in [0.2, 0.25) is 0 Å². The average Bonchev–Trinajstić information content (AvgIpc) is 2.86. The zero-order valence-corrected chi connectivity index (χ0v) is 14.7. The van der Waals surface area contributed by atoms with E-state index in [1.54, 1.807) is 0 Å². The normalized spacial score (nSPS) is 13.2. The van der Waals surface area contributed by atoms with Crippen LogP contribution in [0.5, 0.6) is 5.88 Å². The maximum absolute atomic E-state index is 11.0. The van der Waals surface area contributed by atoms with Crippen molar-refractivity contribution in [3.05, 3.63) is 11.3 Å². The van der Waals surface area contributed by atoms with Crippen molar-refractivity contribution in [1.82, 2.24) is 5.16 Å². The van der Waals surface area contributed by atoms with Crippen molar-refractivity contribution in [3.8, 4) is 5.88 Å². The average molecular weight is 364 g/mol. The van der Waals surface area contributed by atoms with Crippen LogP contribution in [0.4, 0.5) is 0 Å². The molecule has 0 unspecified atom stereocenters. The van der Waals surface area contributed by atoms with Crippen LogP contribution in [0.1, 0.15) is 56.8 Å². The second kappa shape index (κ2) is 9.17. The van der Waals surface area contributed by atoms with E-state index in [0.29, 0.717) is 11.3 Å². The predicted molar refractivity (Wildman–Crippen MR) is 85.9 cm³/mol. The number of rotatable bonds is 11. The number of hydrogen-bond acceptors (Lipinski definition) is 6. The van der Waals surface area contributed by atoms with Crippen LogP contribution in [0.15, 0.2) is 4.52 Å². The summed E-state index contributed by atoms with van der Waals surface area (Å²) in [4.78, 5) is 28.9. The van der Waals surface area contributed by atoms with E-state index in [-0.39, 0.29) is 18.2 Å². The molecule has 0 aliphatic carbocycles. The number of aromatic nitrogens is 1. The highest BCUT2D eigenvalue weighted by molar-refractivity contribution is 7.51. The lowest BCUT2D eigenvalue weighted by Crippen LogP contribution is -2.32. The molecule has 9 nitrogen and oxygen atoms in total. The molecule has 0 aromatic carbocycles. The molecule has 1 aromatic rings. The third-order valence-electron chi connectivity index (χ3n) is 3.54. The van der Waals surface area contributed by atoms with E-state index >= 15 is 0 Å². The molecule has 10 heteroatoms. The number of carboxylic acid groups (broad SMARTS) is 1. The maximum Gasteiger partial charge on any atom is 0.362 e.